The van der Waals surface area contributed by atoms with Crippen LogP contribution in [0.2, 0.25) is 0 Å². The third-order valence-corrected chi connectivity index (χ3v) is 5.68. The molecule has 2 amide bonds. The normalized spacial score (nSPS) is 12.2. The van der Waals surface area contributed by atoms with Crippen LogP contribution in [0.15, 0.2) is 71.9 Å². The molecule has 0 spiro atoms. The molecule has 8 nitrogen and oxygen atoms in total. The highest BCUT2D eigenvalue weighted by Crippen LogP contribution is 2.33. The van der Waals surface area contributed by atoms with Crippen molar-refractivity contribution < 1.29 is 44.3 Å². The van der Waals surface area contributed by atoms with Crippen molar-refractivity contribution >= 4 is 27.4 Å². The molecule has 0 aliphatic heterocycles. The lowest BCUT2D eigenvalue weighted by atomic mass is 10.2. The molecule has 0 saturated carbocycles. The summed E-state index contributed by atoms with van der Waals surface area (Å²) in [6.45, 7) is -1.83. The first-order valence-corrected chi connectivity index (χ1v) is 11.2. The Bertz CT molecular complexity index is 1330. The van der Waals surface area contributed by atoms with Crippen LogP contribution >= 0.6 is 0 Å². The van der Waals surface area contributed by atoms with E-state index in [9.17, 15) is 39.6 Å². The fraction of sp³-hybridized carbons (Fsp3) is 0.143. The molecule has 0 radical (unpaired) electrons. The molecule has 0 aliphatic rings. The number of alkyl halides is 6. The molecule has 3 rings (SSSR count). The second-order valence-electron chi connectivity index (χ2n) is 7.05. The lowest BCUT2D eigenvalue weighted by molar-refractivity contribution is -0.137. The second kappa shape index (κ2) is 10.4. The number of benzene rings is 2. The molecule has 2 aromatic carbocycles. The van der Waals surface area contributed by atoms with Crippen molar-refractivity contribution in [2.75, 3.05) is 17.2 Å². The number of hydrogen-bond acceptors (Lipinski definition) is 5. The van der Waals surface area contributed by atoms with Crippen LogP contribution in [0.1, 0.15) is 5.56 Å². The molecule has 3 N–H and O–H groups in total. The lowest BCUT2D eigenvalue weighted by Crippen LogP contribution is -2.33. The van der Waals surface area contributed by atoms with Gasteiger partial charge in [0.05, 0.1) is 22.3 Å². The number of carbonyl (C=O) groups is 1. The fourth-order valence-corrected chi connectivity index (χ4v) is 3.76. The molecule has 1 heterocycles. The molecule has 0 unspecified atom stereocenters. The molecule has 0 atom stereocenters. The molecule has 0 aliphatic carbocycles. The Kier molecular flexibility index (Phi) is 7.74. The van der Waals surface area contributed by atoms with Gasteiger partial charge in [-0.25, -0.2) is 17.9 Å². The number of nitrogens with zero attached hydrogens (tertiary/aromatic N) is 1. The smallest absolute Gasteiger partial charge is 0.416 e. The number of pyridine rings is 1. The maximum absolute atomic E-state index is 12.9. The monoisotopic (exact) mass is 534 g/mol. The van der Waals surface area contributed by atoms with E-state index in [2.05, 4.69) is 15.6 Å². The van der Waals surface area contributed by atoms with Crippen molar-refractivity contribution in [1.82, 2.24) is 9.71 Å². The molecule has 192 valence electrons. The standard InChI is InChI=1S/C21H16F6N4O4S/c22-20(23,24)12-29-36(33,34)16-6-7-18(35-15-5-2-8-28-11-15)17(10-16)31-19(32)30-14-4-1-3-13(9-14)21(25,26)27/h1-11,29H,12H2,(H2,30,31,32). The van der Waals surface area contributed by atoms with Gasteiger partial charge in [0, 0.05) is 11.9 Å². The van der Waals surface area contributed by atoms with E-state index in [1.54, 1.807) is 0 Å². The number of amides is 2. The van der Waals surface area contributed by atoms with Crippen LogP contribution in [0, 0.1) is 0 Å². The zero-order valence-corrected chi connectivity index (χ0v) is 18.6. The number of urea groups is 1. The van der Waals surface area contributed by atoms with Gasteiger partial charge >= 0.3 is 18.4 Å². The number of carbonyl (C=O) groups excluding carboxylic acids is 1. The maximum atomic E-state index is 12.9. The minimum atomic E-state index is -4.82. The van der Waals surface area contributed by atoms with Crippen molar-refractivity contribution in [2.45, 2.75) is 17.2 Å². The minimum Gasteiger partial charge on any atom is -0.454 e. The Morgan fingerprint density at radius 1 is 0.944 bits per heavy atom. The van der Waals surface area contributed by atoms with Crippen LogP contribution in [0.5, 0.6) is 11.5 Å². The fourth-order valence-electron chi connectivity index (χ4n) is 2.72. The van der Waals surface area contributed by atoms with Crippen molar-refractivity contribution in [1.29, 1.82) is 0 Å². The van der Waals surface area contributed by atoms with E-state index in [-0.39, 0.29) is 22.9 Å². The molecule has 36 heavy (non-hydrogen) atoms. The number of halogens is 6. The van der Waals surface area contributed by atoms with Gasteiger partial charge in [-0.05, 0) is 48.5 Å². The van der Waals surface area contributed by atoms with Crippen LogP contribution in [0.3, 0.4) is 0 Å². The summed E-state index contributed by atoms with van der Waals surface area (Å²) in [7, 11) is -4.66. The summed E-state index contributed by atoms with van der Waals surface area (Å²) in [6.07, 6.45) is -6.74. The Morgan fingerprint density at radius 3 is 2.33 bits per heavy atom. The Morgan fingerprint density at radius 2 is 1.69 bits per heavy atom. The zero-order valence-electron chi connectivity index (χ0n) is 17.8. The first-order valence-electron chi connectivity index (χ1n) is 9.76. The molecule has 0 bridgehead atoms. The van der Waals surface area contributed by atoms with Crippen LogP contribution in [-0.4, -0.2) is 32.2 Å². The van der Waals surface area contributed by atoms with Crippen molar-refractivity contribution in [3.63, 3.8) is 0 Å². The third-order valence-electron chi connectivity index (χ3n) is 4.28. The van der Waals surface area contributed by atoms with Gasteiger partial charge < -0.3 is 15.4 Å². The summed E-state index contributed by atoms with van der Waals surface area (Å²) in [5.41, 5.74) is -1.56. The Labute approximate surface area is 200 Å². The van der Waals surface area contributed by atoms with Gasteiger partial charge in [-0.3, -0.25) is 4.98 Å². The second-order valence-corrected chi connectivity index (χ2v) is 8.81. The van der Waals surface area contributed by atoms with Gasteiger partial charge in [0.25, 0.3) is 0 Å². The number of hydrogen-bond donors (Lipinski definition) is 3. The maximum Gasteiger partial charge on any atom is 0.416 e. The number of aromatic nitrogens is 1. The number of nitrogens with one attached hydrogen (secondary N) is 3. The van der Waals surface area contributed by atoms with Crippen molar-refractivity contribution in [2.24, 2.45) is 0 Å². The van der Waals surface area contributed by atoms with Crippen LogP contribution < -0.4 is 20.1 Å². The summed E-state index contributed by atoms with van der Waals surface area (Å²) < 4.78 is 108. The third kappa shape index (κ3) is 7.58. The van der Waals surface area contributed by atoms with Gasteiger partial charge in [-0.15, -0.1) is 0 Å². The van der Waals surface area contributed by atoms with Crippen molar-refractivity contribution in [3.8, 4) is 11.5 Å². The molecule has 1 aromatic heterocycles. The van der Waals surface area contributed by atoms with E-state index in [4.69, 9.17) is 4.74 Å². The van der Waals surface area contributed by atoms with E-state index in [0.717, 1.165) is 30.3 Å². The summed E-state index contributed by atoms with van der Waals surface area (Å²) in [5, 5.41) is 4.40. The highest BCUT2D eigenvalue weighted by atomic mass is 32.2. The lowest BCUT2D eigenvalue weighted by Gasteiger charge is -2.16. The van der Waals surface area contributed by atoms with Gasteiger partial charge in [-0.1, -0.05) is 6.07 Å². The largest absolute Gasteiger partial charge is 0.454 e. The summed E-state index contributed by atoms with van der Waals surface area (Å²) >= 11 is 0. The predicted octanol–water partition coefficient (Wildman–Crippen LogP) is 5.38. The minimum absolute atomic E-state index is 0.128. The number of rotatable bonds is 7. The van der Waals surface area contributed by atoms with Gasteiger partial charge in [0.1, 0.15) is 12.3 Å². The topological polar surface area (TPSA) is 109 Å². The molecular weight excluding hydrogens is 518 g/mol. The summed E-state index contributed by atoms with van der Waals surface area (Å²) in [6, 6.07) is 8.49. The first kappa shape index (κ1) is 26.7. The average molecular weight is 534 g/mol. The van der Waals surface area contributed by atoms with Gasteiger partial charge in [0.15, 0.2) is 5.75 Å². The Balaban J connectivity index is 1.89. The van der Waals surface area contributed by atoms with E-state index in [0.29, 0.717) is 6.07 Å². The average Bonchev–Trinajstić information content (AvgIpc) is 2.79. The van der Waals surface area contributed by atoms with E-state index < -0.39 is 45.4 Å². The van der Waals surface area contributed by atoms with Gasteiger partial charge in [0.2, 0.25) is 10.0 Å². The van der Waals surface area contributed by atoms with Gasteiger partial charge in [-0.2, -0.15) is 26.3 Å². The number of ether oxygens (including phenoxy) is 1. The molecule has 3 aromatic rings. The first-order chi connectivity index (χ1) is 16.7. The predicted molar refractivity (Wildman–Crippen MR) is 116 cm³/mol. The Hall–Kier alpha value is -3.85. The molecule has 0 saturated heterocycles. The van der Waals surface area contributed by atoms with E-state index in [1.807, 2.05) is 0 Å². The highest BCUT2D eigenvalue weighted by Gasteiger charge is 2.31. The van der Waals surface area contributed by atoms with Crippen molar-refractivity contribution in [3.05, 3.63) is 72.6 Å². The summed E-state index contributed by atoms with van der Waals surface area (Å²) in [4.78, 5) is 15.7. The van der Waals surface area contributed by atoms with E-state index in [1.165, 1.54) is 35.3 Å². The summed E-state index contributed by atoms with van der Waals surface area (Å²) in [5.74, 6) is 0.0432. The van der Waals surface area contributed by atoms with Crippen LogP contribution in [0.25, 0.3) is 0 Å². The SMILES string of the molecule is O=C(Nc1cccc(C(F)(F)F)c1)Nc1cc(S(=O)(=O)NCC(F)(F)F)ccc1Oc1cccnc1. The quantitative estimate of drug-likeness (QED) is 0.353. The molecule has 15 heteroatoms. The number of sulfonamides is 1. The van der Waals surface area contributed by atoms with Crippen LogP contribution in [-0.2, 0) is 16.2 Å². The molecular formula is C21H16F6N4O4S. The van der Waals surface area contributed by atoms with Crippen LogP contribution in [0.4, 0.5) is 42.5 Å². The molecule has 0 fully saturated rings. The van der Waals surface area contributed by atoms with E-state index >= 15 is 0 Å². The number of anilines is 2. The highest BCUT2D eigenvalue weighted by molar-refractivity contribution is 7.89. The zero-order chi connectivity index (χ0) is 26.6.